The number of carbonyl (C=O) groups is 2. The molecule has 0 aromatic heterocycles. The summed E-state index contributed by atoms with van der Waals surface area (Å²) in [6, 6.07) is 11.1. The Morgan fingerprint density at radius 1 is 0.920 bits per heavy atom. The molecule has 2 N–H and O–H groups in total. The number of nitrogens with one attached hydrogen (secondary N) is 2. The number of anilines is 2. The molecule has 0 aliphatic carbocycles. The van der Waals surface area contributed by atoms with Crippen molar-refractivity contribution in [2.24, 2.45) is 0 Å². The minimum atomic E-state index is -3.97. The quantitative estimate of drug-likeness (QED) is 0.800. The molecule has 0 bridgehead atoms. The van der Waals surface area contributed by atoms with Crippen molar-refractivity contribution in [3.05, 3.63) is 59.4 Å². The Morgan fingerprint density at radius 3 is 2.04 bits per heavy atom. The van der Waals surface area contributed by atoms with Gasteiger partial charge in [0, 0.05) is 16.4 Å². The largest absolute Gasteiger partial charge is 0.325 e. The highest BCUT2D eigenvalue weighted by Gasteiger charge is 2.21. The van der Waals surface area contributed by atoms with Crippen LogP contribution in [0.1, 0.15) is 0 Å². The number of halogens is 2. The highest BCUT2D eigenvalue weighted by Crippen LogP contribution is 2.15. The normalized spacial score (nSPS) is 11.0. The van der Waals surface area contributed by atoms with Crippen LogP contribution >= 0.6 is 11.6 Å². The minimum Gasteiger partial charge on any atom is -0.325 e. The molecule has 9 heteroatoms. The molecular formula is C16H14ClFN2O4S. The van der Waals surface area contributed by atoms with Gasteiger partial charge in [-0.15, -0.1) is 0 Å². The van der Waals surface area contributed by atoms with Crippen LogP contribution in [0.2, 0.25) is 5.02 Å². The Bertz CT molecular complexity index is 885. The van der Waals surface area contributed by atoms with Gasteiger partial charge in [0.1, 0.15) is 17.3 Å². The van der Waals surface area contributed by atoms with Crippen molar-refractivity contribution >= 4 is 44.6 Å². The van der Waals surface area contributed by atoms with Gasteiger partial charge in [0.25, 0.3) is 0 Å². The number of hydrogen-bond acceptors (Lipinski definition) is 4. The first-order valence-electron chi connectivity index (χ1n) is 7.05. The van der Waals surface area contributed by atoms with Crippen molar-refractivity contribution < 1.29 is 22.4 Å². The van der Waals surface area contributed by atoms with Crippen LogP contribution in [0.3, 0.4) is 0 Å². The predicted molar refractivity (Wildman–Crippen MR) is 93.8 cm³/mol. The van der Waals surface area contributed by atoms with Crippen molar-refractivity contribution in [3.63, 3.8) is 0 Å². The zero-order valence-electron chi connectivity index (χ0n) is 12.8. The van der Waals surface area contributed by atoms with Crippen LogP contribution in [0.15, 0.2) is 48.5 Å². The highest BCUT2D eigenvalue weighted by molar-refractivity contribution is 7.92. The Morgan fingerprint density at radius 2 is 1.48 bits per heavy atom. The van der Waals surface area contributed by atoms with Crippen LogP contribution in [-0.2, 0) is 19.4 Å². The van der Waals surface area contributed by atoms with Gasteiger partial charge in [-0.1, -0.05) is 17.7 Å². The second-order valence-electron chi connectivity index (χ2n) is 5.15. The summed E-state index contributed by atoms with van der Waals surface area (Å²) in [5, 5.41) is 5.10. The van der Waals surface area contributed by atoms with Gasteiger partial charge in [-0.2, -0.15) is 0 Å². The van der Waals surface area contributed by atoms with Gasteiger partial charge in [-0.25, -0.2) is 12.8 Å². The first-order valence-corrected chi connectivity index (χ1v) is 9.25. The van der Waals surface area contributed by atoms with E-state index in [0.717, 1.165) is 12.1 Å². The number of hydrogen-bond donors (Lipinski definition) is 2. The third-order valence-corrected chi connectivity index (χ3v) is 4.58. The molecule has 0 unspecified atom stereocenters. The SMILES string of the molecule is O=C(CS(=O)(=O)CC(=O)Nc1cccc(Cl)c1)Nc1ccc(F)cc1. The summed E-state index contributed by atoms with van der Waals surface area (Å²) in [6.45, 7) is 0. The molecule has 6 nitrogen and oxygen atoms in total. The van der Waals surface area contributed by atoms with Crippen molar-refractivity contribution in [2.45, 2.75) is 0 Å². The fourth-order valence-corrected chi connectivity index (χ4v) is 3.18. The number of rotatable bonds is 6. The summed E-state index contributed by atoms with van der Waals surface area (Å²) in [6.07, 6.45) is 0. The predicted octanol–water partition coefficient (Wildman–Crippen LogP) is 2.47. The summed E-state index contributed by atoms with van der Waals surface area (Å²) in [4.78, 5) is 23.6. The molecular weight excluding hydrogens is 371 g/mol. The van der Waals surface area contributed by atoms with Crippen LogP contribution in [0, 0.1) is 5.82 Å². The Labute approximate surface area is 148 Å². The lowest BCUT2D eigenvalue weighted by atomic mass is 10.3. The van der Waals surface area contributed by atoms with E-state index in [1.54, 1.807) is 18.2 Å². The smallest absolute Gasteiger partial charge is 0.239 e. The Balaban J connectivity index is 1.90. The van der Waals surface area contributed by atoms with Gasteiger partial charge < -0.3 is 10.6 Å². The molecule has 0 aliphatic rings. The molecule has 0 saturated heterocycles. The fourth-order valence-electron chi connectivity index (χ4n) is 1.94. The molecule has 0 spiro atoms. The van der Waals surface area contributed by atoms with Crippen LogP contribution in [-0.4, -0.2) is 31.7 Å². The molecule has 132 valence electrons. The molecule has 0 saturated carbocycles. The molecule has 0 atom stereocenters. The molecule has 2 aromatic rings. The lowest BCUT2D eigenvalue weighted by Crippen LogP contribution is -2.30. The molecule has 0 heterocycles. The van der Waals surface area contributed by atoms with Gasteiger partial charge in [0.2, 0.25) is 11.8 Å². The molecule has 0 aliphatic heterocycles. The van der Waals surface area contributed by atoms with Crippen molar-refractivity contribution in [1.82, 2.24) is 0 Å². The van der Waals surface area contributed by atoms with Gasteiger partial charge in [-0.3, -0.25) is 9.59 Å². The summed E-state index contributed by atoms with van der Waals surface area (Å²) in [7, 11) is -3.97. The first-order chi connectivity index (χ1) is 11.7. The summed E-state index contributed by atoms with van der Waals surface area (Å²) in [5.41, 5.74) is 0.605. The zero-order valence-corrected chi connectivity index (χ0v) is 14.4. The van der Waals surface area contributed by atoms with E-state index in [-0.39, 0.29) is 5.69 Å². The standard InChI is InChI=1S/C16H14ClFN2O4S/c17-11-2-1-3-14(8-11)20-16(22)10-25(23,24)9-15(21)19-13-6-4-12(18)5-7-13/h1-8H,9-10H2,(H,19,21)(H,20,22). The second kappa shape index (κ2) is 8.09. The van der Waals surface area contributed by atoms with Crippen LogP contribution in [0.5, 0.6) is 0 Å². The van der Waals surface area contributed by atoms with Gasteiger partial charge in [-0.05, 0) is 42.5 Å². The van der Waals surface area contributed by atoms with Gasteiger partial charge in [0.15, 0.2) is 9.84 Å². The Hall–Kier alpha value is -2.45. The van der Waals surface area contributed by atoms with Crippen LogP contribution in [0.25, 0.3) is 0 Å². The van der Waals surface area contributed by atoms with Gasteiger partial charge >= 0.3 is 0 Å². The maximum absolute atomic E-state index is 12.8. The fraction of sp³-hybridized carbons (Fsp3) is 0.125. The second-order valence-corrected chi connectivity index (χ2v) is 7.65. The van der Waals surface area contributed by atoms with E-state index in [1.807, 2.05) is 0 Å². The Kier molecular flexibility index (Phi) is 6.11. The van der Waals surface area contributed by atoms with Crippen LogP contribution in [0.4, 0.5) is 15.8 Å². The van der Waals surface area contributed by atoms with E-state index in [1.165, 1.54) is 18.2 Å². The van der Waals surface area contributed by atoms with Crippen molar-refractivity contribution in [2.75, 3.05) is 22.1 Å². The first kappa shape index (κ1) is 18.9. The zero-order chi connectivity index (χ0) is 18.4. The lowest BCUT2D eigenvalue weighted by molar-refractivity contribution is -0.114. The summed E-state index contributed by atoms with van der Waals surface area (Å²) >= 11 is 5.77. The molecule has 0 radical (unpaired) electrons. The van der Waals surface area contributed by atoms with Crippen LogP contribution < -0.4 is 10.6 Å². The molecule has 0 fully saturated rings. The molecule has 2 rings (SSSR count). The molecule has 2 aromatic carbocycles. The topological polar surface area (TPSA) is 92.3 Å². The number of carbonyl (C=O) groups excluding carboxylic acids is 2. The average molecular weight is 385 g/mol. The van der Waals surface area contributed by atoms with Gasteiger partial charge in [0.05, 0.1) is 0 Å². The monoisotopic (exact) mass is 384 g/mol. The third-order valence-electron chi connectivity index (χ3n) is 2.94. The van der Waals surface area contributed by atoms with E-state index in [0.29, 0.717) is 10.7 Å². The molecule has 2 amide bonds. The van der Waals surface area contributed by atoms with E-state index < -0.39 is 39.0 Å². The minimum absolute atomic E-state index is 0.255. The lowest BCUT2D eigenvalue weighted by Gasteiger charge is -2.08. The average Bonchev–Trinajstić information content (AvgIpc) is 2.48. The summed E-state index contributed by atoms with van der Waals surface area (Å²) < 4.78 is 36.7. The maximum atomic E-state index is 12.8. The number of benzene rings is 2. The number of sulfone groups is 1. The molecule has 25 heavy (non-hydrogen) atoms. The summed E-state index contributed by atoms with van der Waals surface area (Å²) in [5.74, 6) is -3.80. The van der Waals surface area contributed by atoms with E-state index in [4.69, 9.17) is 11.6 Å². The third kappa shape index (κ3) is 6.52. The number of amides is 2. The van der Waals surface area contributed by atoms with E-state index in [2.05, 4.69) is 10.6 Å². The van der Waals surface area contributed by atoms with E-state index in [9.17, 15) is 22.4 Å². The van der Waals surface area contributed by atoms with Crippen molar-refractivity contribution in [1.29, 1.82) is 0 Å². The van der Waals surface area contributed by atoms with E-state index >= 15 is 0 Å². The highest BCUT2D eigenvalue weighted by atomic mass is 35.5. The van der Waals surface area contributed by atoms with Crippen molar-refractivity contribution in [3.8, 4) is 0 Å². The maximum Gasteiger partial charge on any atom is 0.239 e.